The van der Waals surface area contributed by atoms with E-state index in [1.807, 2.05) is 0 Å². The van der Waals surface area contributed by atoms with Crippen molar-refractivity contribution in [1.82, 2.24) is 10.6 Å². The number of hydrogen-bond donors (Lipinski definition) is 2. The van der Waals surface area contributed by atoms with Crippen molar-refractivity contribution in [3.05, 3.63) is 34.4 Å². The zero-order valence-electron chi connectivity index (χ0n) is 12.1. The molecule has 2 rings (SSSR count). The van der Waals surface area contributed by atoms with Crippen LogP contribution in [0.4, 0.5) is 8.78 Å². The van der Waals surface area contributed by atoms with Crippen molar-refractivity contribution in [3.63, 3.8) is 0 Å². The Morgan fingerprint density at radius 3 is 2.81 bits per heavy atom. The third kappa shape index (κ3) is 3.71. The molecule has 0 aliphatic carbocycles. The molecule has 1 aliphatic heterocycles. The SMILES string of the molecule is CC1(C)CCCNC1CNC(=O)c1cc(F)c(Cl)cc1F. The summed E-state index contributed by atoms with van der Waals surface area (Å²) >= 11 is 5.47. The number of carbonyl (C=O) groups excluding carboxylic acids is 1. The molecule has 21 heavy (non-hydrogen) atoms. The van der Waals surface area contributed by atoms with Gasteiger partial charge in [-0.05, 0) is 36.9 Å². The first kappa shape index (κ1) is 16.2. The van der Waals surface area contributed by atoms with Crippen LogP contribution in [0, 0.1) is 17.0 Å². The van der Waals surface area contributed by atoms with Gasteiger partial charge in [-0.3, -0.25) is 4.79 Å². The topological polar surface area (TPSA) is 41.1 Å². The summed E-state index contributed by atoms with van der Waals surface area (Å²) in [5, 5.41) is 5.67. The summed E-state index contributed by atoms with van der Waals surface area (Å²) in [5.41, 5.74) is -0.277. The van der Waals surface area contributed by atoms with Crippen LogP contribution in [0.25, 0.3) is 0 Å². The lowest BCUT2D eigenvalue weighted by Crippen LogP contribution is -2.52. The van der Waals surface area contributed by atoms with Crippen molar-refractivity contribution < 1.29 is 13.6 Å². The van der Waals surface area contributed by atoms with Gasteiger partial charge in [0, 0.05) is 12.6 Å². The molecule has 2 N–H and O–H groups in total. The number of rotatable bonds is 3. The Kier molecular flexibility index (Phi) is 4.84. The molecule has 116 valence electrons. The van der Waals surface area contributed by atoms with Crippen LogP contribution in [-0.4, -0.2) is 25.0 Å². The van der Waals surface area contributed by atoms with Crippen LogP contribution in [0.1, 0.15) is 37.0 Å². The highest BCUT2D eigenvalue weighted by atomic mass is 35.5. The molecule has 3 nitrogen and oxygen atoms in total. The molecule has 0 spiro atoms. The van der Waals surface area contributed by atoms with Crippen molar-refractivity contribution in [2.24, 2.45) is 5.41 Å². The molecular weight excluding hydrogens is 298 g/mol. The van der Waals surface area contributed by atoms with E-state index in [9.17, 15) is 13.6 Å². The fourth-order valence-corrected chi connectivity index (χ4v) is 2.76. The second kappa shape index (κ2) is 6.28. The van der Waals surface area contributed by atoms with Crippen molar-refractivity contribution in [1.29, 1.82) is 0 Å². The quantitative estimate of drug-likeness (QED) is 0.841. The fraction of sp³-hybridized carbons (Fsp3) is 0.533. The molecule has 1 aromatic rings. The maximum atomic E-state index is 13.7. The summed E-state index contributed by atoms with van der Waals surface area (Å²) in [6.45, 7) is 5.51. The third-order valence-electron chi connectivity index (χ3n) is 4.05. The molecule has 0 radical (unpaired) electrons. The zero-order valence-corrected chi connectivity index (χ0v) is 12.9. The molecule has 6 heteroatoms. The lowest BCUT2D eigenvalue weighted by Gasteiger charge is -2.39. The highest BCUT2D eigenvalue weighted by Crippen LogP contribution is 2.29. The molecule has 1 aromatic carbocycles. The molecule has 1 atom stereocenters. The number of carbonyl (C=O) groups is 1. The van der Waals surface area contributed by atoms with E-state index >= 15 is 0 Å². The molecule has 1 unspecified atom stereocenters. The van der Waals surface area contributed by atoms with Gasteiger partial charge in [0.2, 0.25) is 0 Å². The van der Waals surface area contributed by atoms with Gasteiger partial charge in [-0.25, -0.2) is 8.78 Å². The average Bonchev–Trinajstić information content (AvgIpc) is 2.41. The van der Waals surface area contributed by atoms with Crippen molar-refractivity contribution in [2.45, 2.75) is 32.7 Å². The van der Waals surface area contributed by atoms with Gasteiger partial charge in [0.05, 0.1) is 10.6 Å². The van der Waals surface area contributed by atoms with E-state index in [0.717, 1.165) is 31.5 Å². The Morgan fingerprint density at radius 2 is 2.14 bits per heavy atom. The summed E-state index contributed by atoms with van der Waals surface area (Å²) < 4.78 is 27.0. The van der Waals surface area contributed by atoms with Gasteiger partial charge in [-0.15, -0.1) is 0 Å². The zero-order chi connectivity index (χ0) is 15.6. The molecule has 0 saturated carbocycles. The molecule has 0 aromatic heterocycles. The van der Waals surface area contributed by atoms with E-state index < -0.39 is 17.5 Å². The Morgan fingerprint density at radius 1 is 1.43 bits per heavy atom. The Labute approximate surface area is 128 Å². The van der Waals surface area contributed by atoms with E-state index in [-0.39, 0.29) is 22.0 Å². The van der Waals surface area contributed by atoms with Gasteiger partial charge in [0.1, 0.15) is 11.6 Å². The average molecular weight is 317 g/mol. The smallest absolute Gasteiger partial charge is 0.254 e. The number of nitrogens with one attached hydrogen (secondary N) is 2. The summed E-state index contributed by atoms with van der Waals surface area (Å²) in [6, 6.07) is 1.75. The summed E-state index contributed by atoms with van der Waals surface area (Å²) in [4.78, 5) is 12.0. The van der Waals surface area contributed by atoms with Crippen molar-refractivity contribution >= 4 is 17.5 Å². The highest BCUT2D eigenvalue weighted by molar-refractivity contribution is 6.30. The highest BCUT2D eigenvalue weighted by Gasteiger charge is 2.32. The van der Waals surface area contributed by atoms with Gasteiger partial charge in [-0.2, -0.15) is 0 Å². The minimum absolute atomic E-state index is 0.0509. The third-order valence-corrected chi connectivity index (χ3v) is 4.34. The Bertz CT molecular complexity index is 549. The van der Waals surface area contributed by atoms with E-state index in [4.69, 9.17) is 11.6 Å². The van der Waals surface area contributed by atoms with Gasteiger partial charge < -0.3 is 10.6 Å². The summed E-state index contributed by atoms with van der Waals surface area (Å²) in [7, 11) is 0. The molecule has 0 bridgehead atoms. The Hall–Kier alpha value is -1.20. The predicted molar refractivity (Wildman–Crippen MR) is 78.5 cm³/mol. The van der Waals surface area contributed by atoms with Crippen LogP contribution < -0.4 is 10.6 Å². The second-order valence-corrected chi connectivity index (χ2v) is 6.46. The molecule has 1 fully saturated rings. The van der Waals surface area contributed by atoms with Crippen LogP contribution in [0.5, 0.6) is 0 Å². The maximum absolute atomic E-state index is 13.7. The largest absolute Gasteiger partial charge is 0.350 e. The lowest BCUT2D eigenvalue weighted by atomic mass is 9.77. The maximum Gasteiger partial charge on any atom is 0.254 e. The minimum Gasteiger partial charge on any atom is -0.350 e. The standard InChI is InChI=1S/C15H19ClF2N2O/c1-15(2)4-3-5-19-13(15)8-20-14(21)9-6-12(18)10(16)7-11(9)17/h6-7,13,19H,3-5,8H2,1-2H3,(H,20,21). The van der Waals surface area contributed by atoms with Crippen LogP contribution >= 0.6 is 11.6 Å². The molecule has 1 saturated heterocycles. The van der Waals surface area contributed by atoms with E-state index in [0.29, 0.717) is 6.54 Å². The number of piperidine rings is 1. The van der Waals surface area contributed by atoms with E-state index in [1.165, 1.54) is 0 Å². The Balaban J connectivity index is 2.03. The summed E-state index contributed by atoms with van der Waals surface area (Å²) in [5.74, 6) is -2.26. The van der Waals surface area contributed by atoms with Crippen LogP contribution in [-0.2, 0) is 0 Å². The van der Waals surface area contributed by atoms with Gasteiger partial charge in [0.15, 0.2) is 0 Å². The molecule has 1 heterocycles. The molecule has 1 aliphatic rings. The van der Waals surface area contributed by atoms with Gasteiger partial charge >= 0.3 is 0 Å². The first-order chi connectivity index (χ1) is 9.81. The number of benzene rings is 1. The van der Waals surface area contributed by atoms with Crippen LogP contribution in [0.2, 0.25) is 5.02 Å². The lowest BCUT2D eigenvalue weighted by molar-refractivity contribution is 0.0924. The summed E-state index contributed by atoms with van der Waals surface area (Å²) in [6.07, 6.45) is 2.15. The number of halogens is 3. The number of amides is 1. The van der Waals surface area contributed by atoms with E-state index in [2.05, 4.69) is 24.5 Å². The van der Waals surface area contributed by atoms with Gasteiger partial charge in [0.25, 0.3) is 5.91 Å². The normalized spacial score (nSPS) is 21.1. The van der Waals surface area contributed by atoms with Crippen molar-refractivity contribution in [3.8, 4) is 0 Å². The van der Waals surface area contributed by atoms with Crippen LogP contribution in [0.15, 0.2) is 12.1 Å². The van der Waals surface area contributed by atoms with Gasteiger partial charge in [-0.1, -0.05) is 25.4 Å². The fourth-order valence-electron chi connectivity index (χ4n) is 2.61. The predicted octanol–water partition coefficient (Wildman–Crippen LogP) is 3.13. The first-order valence-electron chi connectivity index (χ1n) is 6.97. The monoisotopic (exact) mass is 316 g/mol. The first-order valence-corrected chi connectivity index (χ1v) is 7.35. The number of hydrogen-bond acceptors (Lipinski definition) is 2. The van der Waals surface area contributed by atoms with Crippen LogP contribution in [0.3, 0.4) is 0 Å². The van der Waals surface area contributed by atoms with E-state index in [1.54, 1.807) is 0 Å². The molecule has 1 amide bonds. The minimum atomic E-state index is -0.824. The second-order valence-electron chi connectivity index (χ2n) is 6.06. The molecular formula is C15H19ClF2N2O. The van der Waals surface area contributed by atoms with Crippen molar-refractivity contribution in [2.75, 3.05) is 13.1 Å².